The number of rotatable bonds is 5. The van der Waals surface area contributed by atoms with E-state index in [9.17, 15) is 14.9 Å². The molecule has 0 N–H and O–H groups in total. The Morgan fingerprint density at radius 2 is 1.89 bits per heavy atom. The van der Waals surface area contributed by atoms with Crippen molar-refractivity contribution in [2.75, 3.05) is 6.61 Å². The smallest absolute Gasteiger partial charge is 0.351 e. The fourth-order valence-corrected chi connectivity index (χ4v) is 2.52. The number of hydrogen-bond donors (Lipinski definition) is 0. The van der Waals surface area contributed by atoms with Crippen LogP contribution < -0.4 is 9.47 Å². The first kappa shape index (κ1) is 17.5. The van der Waals surface area contributed by atoms with Crippen LogP contribution in [-0.4, -0.2) is 33.8 Å². The van der Waals surface area contributed by atoms with Crippen LogP contribution in [0.5, 0.6) is 11.5 Å². The molecule has 3 aromatic rings. The Labute approximate surface area is 157 Å². The van der Waals surface area contributed by atoms with E-state index in [2.05, 4.69) is 10.2 Å². The minimum atomic E-state index is -0.896. The normalized spacial score (nSPS) is 15.1. The van der Waals surface area contributed by atoms with Gasteiger partial charge in [-0.3, -0.25) is 10.1 Å². The summed E-state index contributed by atoms with van der Waals surface area (Å²) in [6.45, 7) is -0.200. The molecule has 0 saturated carbocycles. The van der Waals surface area contributed by atoms with Crippen LogP contribution in [0.3, 0.4) is 0 Å². The van der Waals surface area contributed by atoms with E-state index >= 15 is 0 Å². The number of carbonyl (C=O) groups excluding carboxylic acids is 1. The summed E-state index contributed by atoms with van der Waals surface area (Å²) in [6.07, 6.45) is -0.896. The molecular formula is C18H13N3O7. The maximum atomic E-state index is 12.2. The third-order valence-electron chi connectivity index (χ3n) is 3.90. The highest BCUT2D eigenvalue weighted by molar-refractivity contribution is 5.75. The summed E-state index contributed by atoms with van der Waals surface area (Å²) in [5, 5.41) is 18.3. The van der Waals surface area contributed by atoms with Gasteiger partial charge in [0.1, 0.15) is 6.61 Å². The van der Waals surface area contributed by atoms with Gasteiger partial charge in [-0.2, -0.15) is 0 Å². The summed E-state index contributed by atoms with van der Waals surface area (Å²) in [7, 11) is 0. The van der Waals surface area contributed by atoms with E-state index in [0.717, 1.165) is 0 Å². The minimum Gasteiger partial charge on any atom is -0.485 e. The van der Waals surface area contributed by atoms with Crippen molar-refractivity contribution >= 4 is 11.7 Å². The summed E-state index contributed by atoms with van der Waals surface area (Å²) < 4.78 is 21.6. The van der Waals surface area contributed by atoms with Crippen LogP contribution in [0.1, 0.15) is 5.89 Å². The SMILES string of the molecule is O=C(OCc1nnc(-c2ccc([N+](=O)[O-])cc2)o1)[C@H]1COc2ccccc2O1. The average Bonchev–Trinajstić information content (AvgIpc) is 3.21. The van der Waals surface area contributed by atoms with Crippen LogP contribution in [0.4, 0.5) is 5.69 Å². The summed E-state index contributed by atoms with van der Waals surface area (Å²) in [5.74, 6) is 0.653. The zero-order valence-corrected chi connectivity index (χ0v) is 14.3. The molecule has 10 heteroatoms. The second-order valence-corrected chi connectivity index (χ2v) is 5.78. The van der Waals surface area contributed by atoms with Gasteiger partial charge in [-0.05, 0) is 24.3 Å². The molecule has 1 aromatic heterocycles. The van der Waals surface area contributed by atoms with E-state index < -0.39 is 17.0 Å². The van der Waals surface area contributed by atoms with Crippen LogP contribution in [0.2, 0.25) is 0 Å². The molecule has 0 spiro atoms. The zero-order valence-electron chi connectivity index (χ0n) is 14.3. The Morgan fingerprint density at radius 3 is 2.64 bits per heavy atom. The number of ether oxygens (including phenoxy) is 3. The summed E-state index contributed by atoms with van der Waals surface area (Å²) in [4.78, 5) is 22.4. The number of benzene rings is 2. The number of para-hydroxylation sites is 2. The van der Waals surface area contributed by atoms with E-state index in [-0.39, 0.29) is 30.7 Å². The molecule has 0 unspecified atom stereocenters. The number of nitrogens with zero attached hydrogens (tertiary/aromatic N) is 3. The molecule has 1 atom stereocenters. The first-order chi connectivity index (χ1) is 13.6. The Balaban J connectivity index is 1.36. The van der Waals surface area contributed by atoms with Crippen LogP contribution in [0, 0.1) is 10.1 Å². The molecular weight excluding hydrogens is 370 g/mol. The van der Waals surface area contributed by atoms with Crippen LogP contribution in [0.25, 0.3) is 11.5 Å². The molecule has 28 heavy (non-hydrogen) atoms. The lowest BCUT2D eigenvalue weighted by molar-refractivity contribution is -0.384. The third-order valence-corrected chi connectivity index (χ3v) is 3.90. The molecule has 0 fully saturated rings. The van der Waals surface area contributed by atoms with Crippen molar-refractivity contribution in [3.63, 3.8) is 0 Å². The monoisotopic (exact) mass is 383 g/mol. The zero-order chi connectivity index (χ0) is 19.5. The van der Waals surface area contributed by atoms with Gasteiger partial charge in [0.15, 0.2) is 18.1 Å². The van der Waals surface area contributed by atoms with E-state index in [1.54, 1.807) is 24.3 Å². The Hall–Kier alpha value is -3.95. The molecule has 2 heterocycles. The topological polar surface area (TPSA) is 127 Å². The predicted molar refractivity (Wildman–Crippen MR) is 92.5 cm³/mol. The van der Waals surface area contributed by atoms with E-state index in [1.807, 2.05) is 0 Å². The average molecular weight is 383 g/mol. The molecule has 1 aliphatic heterocycles. The highest BCUT2D eigenvalue weighted by Crippen LogP contribution is 2.31. The van der Waals surface area contributed by atoms with Gasteiger partial charge < -0.3 is 18.6 Å². The molecule has 0 saturated heterocycles. The van der Waals surface area contributed by atoms with Gasteiger partial charge in [-0.1, -0.05) is 12.1 Å². The van der Waals surface area contributed by atoms with Gasteiger partial charge in [0, 0.05) is 17.7 Å². The minimum absolute atomic E-state index is 0.0354. The first-order valence-corrected chi connectivity index (χ1v) is 8.22. The van der Waals surface area contributed by atoms with Gasteiger partial charge in [0.05, 0.1) is 4.92 Å². The Bertz CT molecular complexity index is 1020. The van der Waals surface area contributed by atoms with Crippen molar-refractivity contribution in [3.8, 4) is 23.0 Å². The number of fused-ring (bicyclic) bond motifs is 1. The van der Waals surface area contributed by atoms with Crippen LogP contribution in [-0.2, 0) is 16.1 Å². The number of nitro groups is 1. The Morgan fingerprint density at radius 1 is 1.14 bits per heavy atom. The predicted octanol–water partition coefficient (Wildman–Crippen LogP) is 2.53. The number of non-ortho nitro benzene ring substituents is 1. The Kier molecular flexibility index (Phi) is 4.58. The molecule has 0 radical (unpaired) electrons. The van der Waals surface area contributed by atoms with Gasteiger partial charge in [-0.15, -0.1) is 10.2 Å². The van der Waals surface area contributed by atoms with E-state index in [4.69, 9.17) is 18.6 Å². The largest absolute Gasteiger partial charge is 0.485 e. The molecule has 4 rings (SSSR count). The fraction of sp³-hybridized carbons (Fsp3) is 0.167. The third kappa shape index (κ3) is 3.61. The molecule has 142 valence electrons. The first-order valence-electron chi connectivity index (χ1n) is 8.22. The van der Waals surface area contributed by atoms with Gasteiger partial charge in [0.2, 0.25) is 12.0 Å². The van der Waals surface area contributed by atoms with Crippen molar-refractivity contribution in [3.05, 3.63) is 64.5 Å². The fourth-order valence-electron chi connectivity index (χ4n) is 2.52. The molecule has 0 aliphatic carbocycles. The number of nitro benzene ring substituents is 1. The van der Waals surface area contributed by atoms with Crippen molar-refractivity contribution in [1.82, 2.24) is 10.2 Å². The van der Waals surface area contributed by atoms with Gasteiger partial charge >= 0.3 is 5.97 Å². The van der Waals surface area contributed by atoms with Crippen LogP contribution in [0.15, 0.2) is 52.9 Å². The number of esters is 1. The lowest BCUT2D eigenvalue weighted by atomic mass is 10.2. The molecule has 10 nitrogen and oxygen atoms in total. The number of aromatic nitrogens is 2. The second-order valence-electron chi connectivity index (χ2n) is 5.78. The van der Waals surface area contributed by atoms with E-state index in [0.29, 0.717) is 17.1 Å². The summed E-state index contributed by atoms with van der Waals surface area (Å²) >= 11 is 0. The highest BCUT2D eigenvalue weighted by atomic mass is 16.6. The van der Waals surface area contributed by atoms with Crippen molar-refractivity contribution in [1.29, 1.82) is 0 Å². The number of hydrogen-bond acceptors (Lipinski definition) is 9. The number of carbonyl (C=O) groups is 1. The molecule has 0 bridgehead atoms. The summed E-state index contributed by atoms with van der Waals surface area (Å²) in [6, 6.07) is 12.7. The quantitative estimate of drug-likeness (QED) is 0.371. The van der Waals surface area contributed by atoms with E-state index in [1.165, 1.54) is 24.3 Å². The van der Waals surface area contributed by atoms with Gasteiger partial charge in [-0.25, -0.2) is 4.79 Å². The standard InChI is InChI=1S/C18H13N3O7/c22-18(15-9-25-13-3-1-2-4-14(13)27-15)26-10-16-19-20-17(28-16)11-5-7-12(8-6-11)21(23)24/h1-8,15H,9-10H2/t15-/m1/s1. The lowest BCUT2D eigenvalue weighted by Crippen LogP contribution is -2.37. The van der Waals surface area contributed by atoms with Crippen molar-refractivity contribution in [2.45, 2.75) is 12.7 Å². The van der Waals surface area contributed by atoms with Crippen molar-refractivity contribution < 1.29 is 28.3 Å². The van der Waals surface area contributed by atoms with Crippen molar-refractivity contribution in [2.24, 2.45) is 0 Å². The molecule has 2 aromatic carbocycles. The maximum Gasteiger partial charge on any atom is 0.351 e. The highest BCUT2D eigenvalue weighted by Gasteiger charge is 2.29. The second kappa shape index (κ2) is 7.35. The maximum absolute atomic E-state index is 12.2. The lowest BCUT2D eigenvalue weighted by Gasteiger charge is -2.24. The molecule has 1 aliphatic rings. The summed E-state index contributed by atoms with van der Waals surface area (Å²) in [5.41, 5.74) is 0.463. The van der Waals surface area contributed by atoms with Gasteiger partial charge in [0.25, 0.3) is 11.6 Å². The van der Waals surface area contributed by atoms with Crippen LogP contribution >= 0.6 is 0 Å². The molecule has 0 amide bonds.